The van der Waals surface area contributed by atoms with Crippen LogP contribution in [-0.2, 0) is 4.84 Å². The van der Waals surface area contributed by atoms with Crippen LogP contribution in [0, 0.1) is 0 Å². The monoisotopic (exact) mass is 285 g/mol. The zero-order valence-electron chi connectivity index (χ0n) is 10.1. The van der Waals surface area contributed by atoms with Gasteiger partial charge in [-0.3, -0.25) is 0 Å². The Bertz CT molecular complexity index is 328. The fraction of sp³-hybridized carbons (Fsp3) is 0.538. The van der Waals surface area contributed by atoms with Gasteiger partial charge in [0, 0.05) is 0 Å². The molecule has 0 bridgehead atoms. The summed E-state index contributed by atoms with van der Waals surface area (Å²) < 4.78 is 1.47. The third-order valence-corrected chi connectivity index (χ3v) is 5.76. The molecule has 0 saturated carbocycles. The molecule has 2 rings (SSSR count). The van der Waals surface area contributed by atoms with Crippen molar-refractivity contribution < 1.29 is 4.84 Å². The Morgan fingerprint density at radius 3 is 2.56 bits per heavy atom. The first-order valence-corrected chi connectivity index (χ1v) is 7.66. The van der Waals surface area contributed by atoms with E-state index < -0.39 is 0 Å². The summed E-state index contributed by atoms with van der Waals surface area (Å²) in [7, 11) is 0. The molecular weight excluding hydrogens is 265 g/mol. The zero-order chi connectivity index (χ0) is 11.5. The Morgan fingerprint density at radius 2 is 2.00 bits per heavy atom. The fourth-order valence-electron chi connectivity index (χ4n) is 2.01. The molecule has 1 aliphatic rings. The molecule has 0 aliphatic carbocycles. The zero-order valence-corrected chi connectivity index (χ0v) is 11.8. The van der Waals surface area contributed by atoms with E-state index in [-0.39, 0.29) is 0 Å². The summed E-state index contributed by atoms with van der Waals surface area (Å²) in [5, 5.41) is 2.15. The second-order valence-electron chi connectivity index (χ2n) is 4.46. The quantitative estimate of drug-likeness (QED) is 0.785. The number of hydrogen-bond acceptors (Lipinski definition) is 2. The Hall–Kier alpha value is -0.341. The summed E-state index contributed by atoms with van der Waals surface area (Å²) in [6.07, 6.45) is 0. The van der Waals surface area contributed by atoms with Crippen molar-refractivity contribution in [2.75, 3.05) is 6.61 Å². The number of hydroxylamine groups is 2. The molecule has 1 aromatic rings. The van der Waals surface area contributed by atoms with Crippen LogP contribution < -0.4 is 4.46 Å². The van der Waals surface area contributed by atoms with Gasteiger partial charge in [0.05, 0.1) is 0 Å². The molecule has 0 aromatic heterocycles. The first-order chi connectivity index (χ1) is 7.68. The molecule has 0 spiro atoms. The molecule has 1 heterocycles. The van der Waals surface area contributed by atoms with Crippen molar-refractivity contribution in [2.45, 2.75) is 37.7 Å². The normalized spacial score (nSPS) is 26.5. The third kappa shape index (κ3) is 2.67. The van der Waals surface area contributed by atoms with E-state index in [1.54, 1.807) is 0 Å². The van der Waals surface area contributed by atoms with Crippen LogP contribution in [0.3, 0.4) is 0 Å². The molecule has 0 radical (unpaired) electrons. The average molecular weight is 284 g/mol. The minimum absolute atomic E-state index is 0.478. The van der Waals surface area contributed by atoms with Crippen molar-refractivity contribution in [3.63, 3.8) is 0 Å². The molecule has 0 amide bonds. The van der Waals surface area contributed by atoms with Crippen LogP contribution in [0.2, 0.25) is 4.82 Å². The van der Waals surface area contributed by atoms with Crippen LogP contribution in [-0.4, -0.2) is 38.7 Å². The van der Waals surface area contributed by atoms with E-state index in [1.165, 1.54) is 4.46 Å². The standard InChI is InChI=1S/C13H19NOSe/c1-10(2)14-11(3)13(9-15-14)16-12-7-5-4-6-8-12/h4-8,10-11,13H,9H2,1-3H3/t11-,13+/m0/s1. The predicted octanol–water partition coefficient (Wildman–Crippen LogP) is 1.85. The van der Waals surface area contributed by atoms with Crippen molar-refractivity contribution in [1.82, 2.24) is 5.06 Å². The van der Waals surface area contributed by atoms with Crippen LogP contribution in [0.4, 0.5) is 0 Å². The van der Waals surface area contributed by atoms with E-state index >= 15 is 0 Å². The van der Waals surface area contributed by atoms with E-state index in [4.69, 9.17) is 4.84 Å². The molecular formula is C13H19NOSe. The molecule has 0 unspecified atom stereocenters. The van der Waals surface area contributed by atoms with Crippen LogP contribution >= 0.6 is 0 Å². The molecule has 1 fully saturated rings. The summed E-state index contributed by atoms with van der Waals surface area (Å²) in [5.41, 5.74) is 0. The van der Waals surface area contributed by atoms with Gasteiger partial charge in [-0.15, -0.1) is 0 Å². The van der Waals surface area contributed by atoms with Crippen molar-refractivity contribution >= 4 is 19.4 Å². The van der Waals surface area contributed by atoms with Gasteiger partial charge in [-0.2, -0.15) is 0 Å². The molecule has 1 saturated heterocycles. The van der Waals surface area contributed by atoms with E-state index in [0.29, 0.717) is 31.9 Å². The average Bonchev–Trinajstić information content (AvgIpc) is 2.62. The van der Waals surface area contributed by atoms with Gasteiger partial charge in [-0.1, -0.05) is 0 Å². The summed E-state index contributed by atoms with van der Waals surface area (Å²) >= 11 is 0.518. The summed E-state index contributed by atoms with van der Waals surface area (Å²) in [5.74, 6) is 0. The summed E-state index contributed by atoms with van der Waals surface area (Å²) in [6.45, 7) is 7.54. The van der Waals surface area contributed by atoms with Crippen LogP contribution in [0.1, 0.15) is 20.8 Å². The van der Waals surface area contributed by atoms with Crippen molar-refractivity contribution in [1.29, 1.82) is 0 Å². The third-order valence-electron chi connectivity index (χ3n) is 2.87. The van der Waals surface area contributed by atoms with Gasteiger partial charge < -0.3 is 0 Å². The molecule has 2 nitrogen and oxygen atoms in total. The Kier molecular flexibility index (Phi) is 4.04. The topological polar surface area (TPSA) is 12.5 Å². The van der Waals surface area contributed by atoms with Gasteiger partial charge in [0.1, 0.15) is 0 Å². The second kappa shape index (κ2) is 5.33. The maximum atomic E-state index is 5.76. The number of benzene rings is 1. The van der Waals surface area contributed by atoms with Crippen LogP contribution in [0.15, 0.2) is 30.3 Å². The minimum atomic E-state index is 0.478. The van der Waals surface area contributed by atoms with Gasteiger partial charge in [-0.25, -0.2) is 0 Å². The molecule has 16 heavy (non-hydrogen) atoms. The van der Waals surface area contributed by atoms with E-state index in [0.717, 1.165) is 6.61 Å². The van der Waals surface area contributed by atoms with E-state index in [1.807, 2.05) is 0 Å². The van der Waals surface area contributed by atoms with Crippen molar-refractivity contribution in [2.24, 2.45) is 0 Å². The number of nitrogens with zero attached hydrogens (tertiary/aromatic N) is 1. The predicted molar refractivity (Wildman–Crippen MR) is 68.0 cm³/mol. The molecule has 88 valence electrons. The van der Waals surface area contributed by atoms with Crippen LogP contribution in [0.25, 0.3) is 0 Å². The molecule has 0 N–H and O–H groups in total. The Balaban J connectivity index is 1.98. The van der Waals surface area contributed by atoms with E-state index in [2.05, 4.69) is 56.2 Å². The van der Waals surface area contributed by atoms with Gasteiger partial charge in [0.25, 0.3) is 0 Å². The maximum absolute atomic E-state index is 5.76. The van der Waals surface area contributed by atoms with Crippen LogP contribution in [0.5, 0.6) is 0 Å². The number of hydrogen-bond donors (Lipinski definition) is 0. The Labute approximate surface area is 104 Å². The molecule has 1 aromatic carbocycles. The van der Waals surface area contributed by atoms with Crippen molar-refractivity contribution in [3.8, 4) is 0 Å². The van der Waals surface area contributed by atoms with Gasteiger partial charge in [0.2, 0.25) is 0 Å². The number of rotatable bonds is 3. The first kappa shape index (κ1) is 12.1. The summed E-state index contributed by atoms with van der Waals surface area (Å²) in [6, 6.07) is 11.8. The fourth-order valence-corrected chi connectivity index (χ4v) is 4.33. The molecule has 3 heteroatoms. The van der Waals surface area contributed by atoms with Gasteiger partial charge in [0.15, 0.2) is 0 Å². The molecule has 1 aliphatic heterocycles. The first-order valence-electron chi connectivity index (χ1n) is 5.81. The van der Waals surface area contributed by atoms with Gasteiger partial charge in [-0.05, 0) is 0 Å². The second-order valence-corrected chi connectivity index (χ2v) is 7.21. The molecule has 2 atom stereocenters. The summed E-state index contributed by atoms with van der Waals surface area (Å²) in [4.78, 5) is 6.44. The van der Waals surface area contributed by atoms with E-state index in [9.17, 15) is 0 Å². The SMILES string of the molecule is CC(C)N1OC[C@@H]([Se]c2ccccc2)[C@@H]1C. The Morgan fingerprint density at radius 1 is 1.31 bits per heavy atom. The van der Waals surface area contributed by atoms with Gasteiger partial charge >= 0.3 is 104 Å². The van der Waals surface area contributed by atoms with Crippen molar-refractivity contribution in [3.05, 3.63) is 30.3 Å².